The molecule has 0 spiro atoms. The minimum Gasteiger partial charge on any atom is -0.488 e. The minimum atomic E-state index is -0.251. The first-order valence-electron chi connectivity index (χ1n) is 6.29. The number of ether oxygens (including phenoxy) is 1. The molecule has 98 valence electrons. The maximum absolute atomic E-state index is 12.0. The summed E-state index contributed by atoms with van der Waals surface area (Å²) in [5.41, 5.74) is 1.07. The molecule has 0 saturated heterocycles. The van der Waals surface area contributed by atoms with E-state index in [0.717, 1.165) is 0 Å². The molecule has 3 heteroatoms. The SMILES string of the molecule is CC(C)COC1=C(c2ccccc2)C(=O)C=CC1=O. The second-order valence-corrected chi connectivity index (χ2v) is 4.84. The molecule has 0 unspecified atom stereocenters. The molecule has 1 aromatic carbocycles. The van der Waals surface area contributed by atoms with Crippen LogP contribution in [-0.4, -0.2) is 18.2 Å². The summed E-state index contributed by atoms with van der Waals surface area (Å²) < 4.78 is 5.55. The van der Waals surface area contributed by atoms with E-state index in [9.17, 15) is 9.59 Å². The summed E-state index contributed by atoms with van der Waals surface area (Å²) in [7, 11) is 0. The van der Waals surface area contributed by atoms with Crippen molar-refractivity contribution >= 4 is 17.1 Å². The number of rotatable bonds is 4. The standard InChI is InChI=1S/C16H16O3/c1-11(2)10-19-16-14(18)9-8-13(17)15(16)12-6-4-3-5-7-12/h3-9,11H,10H2,1-2H3. The zero-order valence-electron chi connectivity index (χ0n) is 11.1. The summed E-state index contributed by atoms with van der Waals surface area (Å²) in [5, 5.41) is 0. The molecule has 0 heterocycles. The number of hydrogen-bond acceptors (Lipinski definition) is 3. The van der Waals surface area contributed by atoms with Crippen LogP contribution >= 0.6 is 0 Å². The first kappa shape index (κ1) is 13.3. The summed E-state index contributed by atoms with van der Waals surface area (Å²) in [6, 6.07) is 9.14. The Kier molecular flexibility index (Phi) is 3.95. The molecule has 3 nitrogen and oxygen atoms in total. The van der Waals surface area contributed by atoms with E-state index in [1.807, 2.05) is 32.0 Å². The number of allylic oxidation sites excluding steroid dienone is 3. The highest BCUT2D eigenvalue weighted by Crippen LogP contribution is 2.25. The molecule has 0 N–H and O–H groups in total. The van der Waals surface area contributed by atoms with Crippen LogP contribution in [0.1, 0.15) is 19.4 Å². The number of carbonyl (C=O) groups is 2. The Hall–Kier alpha value is -2.16. The van der Waals surface area contributed by atoms with Gasteiger partial charge in [0.1, 0.15) is 0 Å². The largest absolute Gasteiger partial charge is 0.488 e. The molecule has 0 bridgehead atoms. The summed E-state index contributed by atoms with van der Waals surface area (Å²) in [6.45, 7) is 4.40. The molecule has 0 aliphatic heterocycles. The van der Waals surface area contributed by atoms with Gasteiger partial charge in [-0.05, 0) is 23.6 Å². The highest BCUT2D eigenvalue weighted by Gasteiger charge is 2.25. The van der Waals surface area contributed by atoms with Crippen molar-refractivity contribution < 1.29 is 14.3 Å². The third-order valence-corrected chi connectivity index (χ3v) is 2.71. The van der Waals surface area contributed by atoms with E-state index in [2.05, 4.69) is 0 Å². The molecule has 19 heavy (non-hydrogen) atoms. The zero-order chi connectivity index (χ0) is 13.8. The van der Waals surface area contributed by atoms with Gasteiger partial charge in [0.15, 0.2) is 11.5 Å². The fourth-order valence-corrected chi connectivity index (χ4v) is 1.82. The van der Waals surface area contributed by atoms with E-state index >= 15 is 0 Å². The van der Waals surface area contributed by atoms with Crippen molar-refractivity contribution in [3.05, 3.63) is 53.8 Å². The molecule has 0 fully saturated rings. The summed E-state index contributed by atoms with van der Waals surface area (Å²) in [6.07, 6.45) is 2.57. The Bertz CT molecular complexity index is 551. The van der Waals surface area contributed by atoms with Gasteiger partial charge < -0.3 is 4.74 Å². The minimum absolute atomic E-state index is 0.160. The Balaban J connectivity index is 2.43. The van der Waals surface area contributed by atoms with Gasteiger partial charge in [-0.2, -0.15) is 0 Å². The van der Waals surface area contributed by atoms with Crippen molar-refractivity contribution in [3.63, 3.8) is 0 Å². The van der Waals surface area contributed by atoms with Crippen molar-refractivity contribution in [3.8, 4) is 0 Å². The first-order valence-corrected chi connectivity index (χ1v) is 6.29. The lowest BCUT2D eigenvalue weighted by molar-refractivity contribution is -0.116. The van der Waals surface area contributed by atoms with Gasteiger partial charge in [0.2, 0.25) is 5.78 Å². The predicted octanol–water partition coefficient (Wildman–Crippen LogP) is 2.78. The molecule has 1 aliphatic rings. The average molecular weight is 256 g/mol. The average Bonchev–Trinajstić information content (AvgIpc) is 2.40. The number of carbonyl (C=O) groups excluding carboxylic acids is 2. The van der Waals surface area contributed by atoms with Crippen LogP contribution in [0.25, 0.3) is 5.57 Å². The third kappa shape index (κ3) is 2.99. The smallest absolute Gasteiger partial charge is 0.221 e. The Labute approximate surface area is 112 Å². The van der Waals surface area contributed by atoms with Gasteiger partial charge in [-0.15, -0.1) is 0 Å². The van der Waals surface area contributed by atoms with Crippen LogP contribution in [0.2, 0.25) is 0 Å². The van der Waals surface area contributed by atoms with Gasteiger partial charge in [-0.25, -0.2) is 0 Å². The van der Waals surface area contributed by atoms with E-state index < -0.39 is 0 Å². The van der Waals surface area contributed by atoms with Crippen LogP contribution in [0, 0.1) is 5.92 Å². The van der Waals surface area contributed by atoms with Gasteiger partial charge in [-0.1, -0.05) is 44.2 Å². The number of ketones is 2. The molecule has 1 aromatic rings. The molecule has 2 rings (SSSR count). The maximum atomic E-state index is 12.0. The van der Waals surface area contributed by atoms with E-state index in [-0.39, 0.29) is 17.3 Å². The summed E-state index contributed by atoms with van der Waals surface area (Å²) in [4.78, 5) is 23.9. The van der Waals surface area contributed by atoms with E-state index in [4.69, 9.17) is 4.74 Å². The van der Waals surface area contributed by atoms with E-state index in [1.54, 1.807) is 12.1 Å². The molecule has 0 amide bonds. The van der Waals surface area contributed by atoms with Gasteiger partial charge in [0.05, 0.1) is 12.2 Å². The van der Waals surface area contributed by atoms with Crippen molar-refractivity contribution in [1.82, 2.24) is 0 Å². The van der Waals surface area contributed by atoms with Gasteiger partial charge in [-0.3, -0.25) is 9.59 Å². The molecule has 0 atom stereocenters. The van der Waals surface area contributed by atoms with E-state index in [0.29, 0.717) is 23.7 Å². The highest BCUT2D eigenvalue weighted by molar-refractivity contribution is 6.35. The van der Waals surface area contributed by atoms with Gasteiger partial charge in [0, 0.05) is 0 Å². The molecular weight excluding hydrogens is 240 g/mol. The topological polar surface area (TPSA) is 43.4 Å². The predicted molar refractivity (Wildman–Crippen MR) is 73.3 cm³/mol. The third-order valence-electron chi connectivity index (χ3n) is 2.71. The van der Waals surface area contributed by atoms with Crippen LogP contribution in [-0.2, 0) is 14.3 Å². The summed E-state index contributed by atoms with van der Waals surface area (Å²) in [5.74, 6) is 0.00870. The monoisotopic (exact) mass is 256 g/mol. The lowest BCUT2D eigenvalue weighted by atomic mass is 9.95. The second kappa shape index (κ2) is 5.65. The molecule has 0 saturated carbocycles. The Morgan fingerprint density at radius 2 is 1.63 bits per heavy atom. The Morgan fingerprint density at radius 3 is 2.26 bits per heavy atom. The van der Waals surface area contributed by atoms with Crippen LogP contribution in [0.4, 0.5) is 0 Å². The quantitative estimate of drug-likeness (QED) is 0.778. The lowest BCUT2D eigenvalue weighted by Gasteiger charge is -2.17. The first-order chi connectivity index (χ1) is 9.09. The van der Waals surface area contributed by atoms with E-state index in [1.165, 1.54) is 12.2 Å². The van der Waals surface area contributed by atoms with Crippen LogP contribution < -0.4 is 0 Å². The van der Waals surface area contributed by atoms with Crippen molar-refractivity contribution in [2.24, 2.45) is 5.92 Å². The number of hydrogen-bond donors (Lipinski definition) is 0. The van der Waals surface area contributed by atoms with Gasteiger partial charge in [0.25, 0.3) is 0 Å². The maximum Gasteiger partial charge on any atom is 0.221 e. The Morgan fingerprint density at radius 1 is 1.00 bits per heavy atom. The van der Waals surface area contributed by atoms with Crippen molar-refractivity contribution in [2.45, 2.75) is 13.8 Å². The van der Waals surface area contributed by atoms with Crippen LogP contribution in [0.15, 0.2) is 48.2 Å². The van der Waals surface area contributed by atoms with Crippen LogP contribution in [0.5, 0.6) is 0 Å². The second-order valence-electron chi connectivity index (χ2n) is 4.84. The number of benzene rings is 1. The van der Waals surface area contributed by atoms with Gasteiger partial charge >= 0.3 is 0 Å². The molecule has 0 radical (unpaired) electrons. The van der Waals surface area contributed by atoms with Crippen molar-refractivity contribution in [1.29, 1.82) is 0 Å². The zero-order valence-corrected chi connectivity index (χ0v) is 11.1. The summed E-state index contributed by atoms with van der Waals surface area (Å²) >= 11 is 0. The highest BCUT2D eigenvalue weighted by atomic mass is 16.5. The normalized spacial score (nSPS) is 15.3. The van der Waals surface area contributed by atoms with Crippen LogP contribution in [0.3, 0.4) is 0 Å². The lowest BCUT2D eigenvalue weighted by Crippen LogP contribution is -2.17. The fourth-order valence-electron chi connectivity index (χ4n) is 1.82. The fraction of sp³-hybridized carbons (Fsp3) is 0.250. The molecule has 0 aromatic heterocycles. The van der Waals surface area contributed by atoms with Crippen molar-refractivity contribution in [2.75, 3.05) is 6.61 Å². The molecular formula is C16H16O3. The molecule has 1 aliphatic carbocycles.